The van der Waals surface area contributed by atoms with E-state index in [4.69, 9.17) is 9.47 Å². The first-order chi connectivity index (χ1) is 26.9. The molecule has 4 aromatic carbocycles. The number of carbonyl (C=O) groups excluding carboxylic acids is 2. The standard InChI is InChI=1S/C45H44O12/c1-21(2)6-9-27-32(48)13-11-28(40(27)51)41(52)37-29(26-10-7-24(46)18-33(26)49)16-23(5)17-30(37)38-34(50)20-36-39(42(38)53)43(54)45(55)44(56-36,15-14-22(3)4)31-12-8-25(47)19-35(31)57-45/h6-8,10-14,17-20,29-30,37,46-51,53,55H,9,15-16H2,1-5H3/t29-,30-,37-,44?,45?/m1/s1. The van der Waals surface area contributed by atoms with Crippen molar-refractivity contribution in [2.24, 2.45) is 5.92 Å². The number of allylic oxidation sites excluding steroid dienone is 5. The van der Waals surface area contributed by atoms with Gasteiger partial charge in [0.05, 0.1) is 5.56 Å². The van der Waals surface area contributed by atoms with Crippen molar-refractivity contribution in [3.8, 4) is 51.7 Å². The Bertz CT molecular complexity index is 2450. The molecule has 2 aliphatic heterocycles. The molecule has 0 fully saturated rings. The highest BCUT2D eigenvalue weighted by Gasteiger charge is 2.70. The molecule has 3 aliphatic rings. The topological polar surface area (TPSA) is 214 Å². The van der Waals surface area contributed by atoms with Crippen molar-refractivity contribution in [3.63, 3.8) is 0 Å². The number of benzene rings is 4. The Morgan fingerprint density at radius 3 is 2.16 bits per heavy atom. The second kappa shape index (κ2) is 14.0. The van der Waals surface area contributed by atoms with E-state index >= 15 is 4.79 Å². The second-order valence-corrected chi connectivity index (χ2v) is 15.6. The molecule has 2 unspecified atom stereocenters. The third kappa shape index (κ3) is 6.20. The Kier molecular flexibility index (Phi) is 9.52. The fraction of sp³-hybridized carbons (Fsp3) is 0.289. The minimum Gasteiger partial charge on any atom is -0.508 e. The maximum Gasteiger partial charge on any atom is 0.318 e. The molecule has 12 nitrogen and oxygen atoms in total. The fourth-order valence-electron chi connectivity index (χ4n) is 8.45. The predicted octanol–water partition coefficient (Wildman–Crippen LogP) is 7.76. The minimum atomic E-state index is -2.76. The fourth-order valence-corrected chi connectivity index (χ4v) is 8.45. The van der Waals surface area contributed by atoms with Crippen LogP contribution in [0.25, 0.3) is 0 Å². The quantitative estimate of drug-likeness (QED) is 0.0637. The van der Waals surface area contributed by atoms with Gasteiger partial charge in [-0.15, -0.1) is 0 Å². The molecule has 2 heterocycles. The van der Waals surface area contributed by atoms with Crippen molar-refractivity contribution >= 4 is 11.6 Å². The molecule has 296 valence electrons. The van der Waals surface area contributed by atoms with Crippen LogP contribution in [0, 0.1) is 5.92 Å². The van der Waals surface area contributed by atoms with Crippen LogP contribution in [0.3, 0.4) is 0 Å². The average Bonchev–Trinajstić information content (AvgIpc) is 3.37. The zero-order valence-electron chi connectivity index (χ0n) is 32.0. The number of fused-ring (bicyclic) bond motifs is 4. The molecule has 5 atom stereocenters. The van der Waals surface area contributed by atoms with Crippen LogP contribution in [0.2, 0.25) is 0 Å². The normalized spacial score (nSPS) is 23.2. The van der Waals surface area contributed by atoms with Crippen LogP contribution in [0.1, 0.15) is 102 Å². The number of rotatable bonds is 8. The number of ketones is 2. The lowest BCUT2D eigenvalue weighted by Crippen LogP contribution is -2.62. The van der Waals surface area contributed by atoms with E-state index in [2.05, 4.69) is 0 Å². The Hall–Kier alpha value is -6.40. The first kappa shape index (κ1) is 38.9. The molecule has 0 aromatic heterocycles. The van der Waals surface area contributed by atoms with Crippen molar-refractivity contribution in [1.29, 1.82) is 0 Å². The number of phenols is 7. The highest BCUT2D eigenvalue weighted by molar-refractivity contribution is 6.09. The van der Waals surface area contributed by atoms with E-state index in [-0.39, 0.29) is 81.6 Å². The highest BCUT2D eigenvalue weighted by atomic mass is 16.7. The first-order valence-electron chi connectivity index (χ1n) is 18.5. The first-order valence-corrected chi connectivity index (χ1v) is 18.5. The molecule has 0 amide bonds. The van der Waals surface area contributed by atoms with Crippen LogP contribution >= 0.6 is 0 Å². The number of aromatic hydroxyl groups is 7. The summed E-state index contributed by atoms with van der Waals surface area (Å²) in [6, 6.07) is 11.7. The Labute approximate surface area is 328 Å². The molecular weight excluding hydrogens is 732 g/mol. The molecular formula is C45H44O12. The summed E-state index contributed by atoms with van der Waals surface area (Å²) in [6.07, 6.45) is 5.37. The van der Waals surface area contributed by atoms with Crippen LogP contribution in [-0.2, 0) is 12.0 Å². The van der Waals surface area contributed by atoms with Gasteiger partial charge in [-0.2, -0.15) is 0 Å². The van der Waals surface area contributed by atoms with E-state index in [0.717, 1.165) is 23.3 Å². The second-order valence-electron chi connectivity index (χ2n) is 15.6. The molecule has 57 heavy (non-hydrogen) atoms. The van der Waals surface area contributed by atoms with Crippen molar-refractivity contribution in [2.45, 2.75) is 77.1 Å². The lowest BCUT2D eigenvalue weighted by atomic mass is 9.65. The zero-order chi connectivity index (χ0) is 41.3. The average molecular weight is 777 g/mol. The predicted molar refractivity (Wildman–Crippen MR) is 208 cm³/mol. The van der Waals surface area contributed by atoms with Crippen molar-refractivity contribution in [3.05, 3.63) is 123 Å². The van der Waals surface area contributed by atoms with Gasteiger partial charge in [0.1, 0.15) is 57.3 Å². The van der Waals surface area contributed by atoms with E-state index in [9.17, 15) is 45.6 Å². The number of aliphatic hydroxyl groups is 1. The molecule has 12 heteroatoms. The van der Waals surface area contributed by atoms with Gasteiger partial charge in [-0.3, -0.25) is 9.59 Å². The summed E-state index contributed by atoms with van der Waals surface area (Å²) in [5, 5.41) is 90.1. The molecule has 0 radical (unpaired) electrons. The molecule has 0 bridgehead atoms. The maximum atomic E-state index is 15.0. The van der Waals surface area contributed by atoms with Gasteiger partial charge in [-0.25, -0.2) is 0 Å². The van der Waals surface area contributed by atoms with Crippen LogP contribution < -0.4 is 9.47 Å². The number of phenolic OH excluding ortho intramolecular Hbond substituents is 7. The third-order valence-electron chi connectivity index (χ3n) is 11.2. The highest BCUT2D eigenvalue weighted by Crippen LogP contribution is 2.61. The Morgan fingerprint density at radius 2 is 1.47 bits per heavy atom. The van der Waals surface area contributed by atoms with Gasteiger partial charge in [0.2, 0.25) is 11.4 Å². The largest absolute Gasteiger partial charge is 0.508 e. The van der Waals surface area contributed by atoms with Gasteiger partial charge >= 0.3 is 5.79 Å². The van der Waals surface area contributed by atoms with Crippen LogP contribution in [0.15, 0.2) is 89.5 Å². The maximum absolute atomic E-state index is 15.0. The molecule has 7 rings (SSSR count). The summed E-state index contributed by atoms with van der Waals surface area (Å²) >= 11 is 0. The van der Waals surface area contributed by atoms with Gasteiger partial charge < -0.3 is 50.3 Å². The van der Waals surface area contributed by atoms with Gasteiger partial charge in [0, 0.05) is 59.1 Å². The van der Waals surface area contributed by atoms with Crippen molar-refractivity contribution in [1.82, 2.24) is 0 Å². The summed E-state index contributed by atoms with van der Waals surface area (Å²) in [5.41, 5.74) is 0.120. The van der Waals surface area contributed by atoms with Crippen molar-refractivity contribution in [2.75, 3.05) is 0 Å². The van der Waals surface area contributed by atoms with Gasteiger partial charge in [0.25, 0.3) is 0 Å². The smallest absolute Gasteiger partial charge is 0.318 e. The van der Waals surface area contributed by atoms with E-state index < -0.39 is 63.5 Å². The summed E-state index contributed by atoms with van der Waals surface area (Å²) in [5.74, 6) is -11.1. The van der Waals surface area contributed by atoms with E-state index in [1.54, 1.807) is 25.2 Å². The lowest BCUT2D eigenvalue weighted by Gasteiger charge is -2.43. The number of hydrogen-bond acceptors (Lipinski definition) is 12. The molecule has 4 aromatic rings. The molecule has 0 saturated carbocycles. The van der Waals surface area contributed by atoms with E-state index in [0.29, 0.717) is 5.57 Å². The molecule has 8 N–H and O–H groups in total. The number of ether oxygens (including phenoxy) is 2. The summed E-state index contributed by atoms with van der Waals surface area (Å²) in [6.45, 7) is 9.08. The Morgan fingerprint density at radius 1 is 0.789 bits per heavy atom. The third-order valence-corrected chi connectivity index (χ3v) is 11.2. The monoisotopic (exact) mass is 776 g/mol. The lowest BCUT2D eigenvalue weighted by molar-refractivity contribution is -0.201. The minimum absolute atomic E-state index is 0.0320. The van der Waals surface area contributed by atoms with Gasteiger partial charge in [0.15, 0.2) is 5.78 Å². The van der Waals surface area contributed by atoms with Crippen LogP contribution in [0.4, 0.5) is 0 Å². The number of hydrogen-bond donors (Lipinski definition) is 8. The van der Waals surface area contributed by atoms with Crippen LogP contribution in [0.5, 0.6) is 51.7 Å². The molecule has 0 saturated heterocycles. The molecule has 1 aliphatic carbocycles. The summed E-state index contributed by atoms with van der Waals surface area (Å²) < 4.78 is 12.4. The number of carbonyl (C=O) groups is 2. The van der Waals surface area contributed by atoms with Gasteiger partial charge in [-0.05, 0) is 83.4 Å². The Balaban J connectivity index is 1.43. The SMILES string of the molecule is CC(C)=CCc1c(O)ccc(C(=O)[C@@H]2[C@@H](c3ccc(O)cc3O)CC(C)=C[C@H]2c2c(O)cc3c(c2O)C(=O)C2(O)Oc4cc(O)ccc4C2(CC=C(C)C)O3)c1O. The number of Topliss-reactive ketones (excluding diaryl/α,β-unsaturated/α-hetero) is 2. The van der Waals surface area contributed by atoms with Crippen molar-refractivity contribution < 1.29 is 59.9 Å². The van der Waals surface area contributed by atoms with Gasteiger partial charge in [-0.1, -0.05) is 41.0 Å². The van der Waals surface area contributed by atoms with Crippen LogP contribution in [-0.4, -0.2) is 58.2 Å². The molecule has 0 spiro atoms. The van der Waals surface area contributed by atoms with E-state index in [1.807, 2.05) is 27.7 Å². The van der Waals surface area contributed by atoms with E-state index in [1.165, 1.54) is 42.5 Å². The summed E-state index contributed by atoms with van der Waals surface area (Å²) in [7, 11) is 0. The zero-order valence-corrected chi connectivity index (χ0v) is 32.0. The summed E-state index contributed by atoms with van der Waals surface area (Å²) in [4.78, 5) is 29.7.